The molecule has 1 heterocycles. The standard InChI is InChI=1S/C24H33ClN6S/c1-15-14-16(25)8-13-20(15)29-24(32)27-18-11-9-17(10-12-18)26-23-28-21-7-5-4-6-19(21)22(30-23)31(2)3/h8,13-14,17-18H,4-7,9-12H2,1-3H3,(H,26,28,30)(H2,27,29,32). The number of nitrogens with zero attached hydrogens (tertiary/aromatic N) is 3. The Balaban J connectivity index is 1.30. The summed E-state index contributed by atoms with van der Waals surface area (Å²) in [5.41, 5.74) is 4.62. The summed E-state index contributed by atoms with van der Waals surface area (Å²) in [6.45, 7) is 2.03. The van der Waals surface area contributed by atoms with E-state index in [2.05, 4.69) is 34.9 Å². The predicted octanol–water partition coefficient (Wildman–Crippen LogP) is 5.09. The van der Waals surface area contributed by atoms with E-state index in [1.54, 1.807) is 0 Å². The fourth-order valence-electron chi connectivity index (χ4n) is 4.68. The zero-order chi connectivity index (χ0) is 22.7. The fourth-order valence-corrected chi connectivity index (χ4v) is 5.19. The number of hydrogen-bond donors (Lipinski definition) is 3. The van der Waals surface area contributed by atoms with Crippen molar-refractivity contribution in [2.75, 3.05) is 29.6 Å². The monoisotopic (exact) mass is 472 g/mol. The molecule has 1 aromatic carbocycles. The minimum Gasteiger partial charge on any atom is -0.362 e. The van der Waals surface area contributed by atoms with Gasteiger partial charge in [-0.1, -0.05) is 11.6 Å². The Bertz CT molecular complexity index is 971. The Morgan fingerprint density at radius 2 is 1.78 bits per heavy atom. The minimum absolute atomic E-state index is 0.377. The molecule has 0 spiro atoms. The van der Waals surface area contributed by atoms with E-state index in [1.807, 2.05) is 25.1 Å². The highest BCUT2D eigenvalue weighted by Crippen LogP contribution is 2.29. The van der Waals surface area contributed by atoms with Gasteiger partial charge in [-0.3, -0.25) is 0 Å². The molecule has 0 radical (unpaired) electrons. The summed E-state index contributed by atoms with van der Waals surface area (Å²) in [5.74, 6) is 1.85. The van der Waals surface area contributed by atoms with E-state index in [9.17, 15) is 0 Å². The van der Waals surface area contributed by atoms with Gasteiger partial charge in [-0.15, -0.1) is 0 Å². The van der Waals surface area contributed by atoms with Crippen LogP contribution in [0.2, 0.25) is 5.02 Å². The SMILES string of the molecule is Cc1cc(Cl)ccc1NC(=S)NC1CCC(Nc2nc3c(c(N(C)C)n2)CCCC3)CC1. The van der Waals surface area contributed by atoms with Crippen molar-refractivity contribution < 1.29 is 0 Å². The number of aryl methyl sites for hydroxylation is 2. The number of fused-ring (bicyclic) bond motifs is 1. The molecule has 0 saturated heterocycles. The lowest BCUT2D eigenvalue weighted by atomic mass is 9.91. The molecule has 4 rings (SSSR count). The van der Waals surface area contributed by atoms with Gasteiger partial charge in [-0.05, 0) is 94.3 Å². The lowest BCUT2D eigenvalue weighted by Gasteiger charge is -2.31. The Kier molecular flexibility index (Phi) is 7.36. The molecule has 172 valence electrons. The summed E-state index contributed by atoms with van der Waals surface area (Å²) in [7, 11) is 4.14. The highest BCUT2D eigenvalue weighted by Gasteiger charge is 2.24. The van der Waals surface area contributed by atoms with Crippen LogP contribution in [0.5, 0.6) is 0 Å². The van der Waals surface area contributed by atoms with Crippen LogP contribution in [-0.4, -0.2) is 41.3 Å². The summed E-state index contributed by atoms with van der Waals surface area (Å²) in [6.07, 6.45) is 8.85. The second-order valence-electron chi connectivity index (χ2n) is 9.15. The van der Waals surface area contributed by atoms with Crippen molar-refractivity contribution in [3.05, 3.63) is 40.0 Å². The summed E-state index contributed by atoms with van der Waals surface area (Å²) in [5, 5.41) is 11.8. The summed E-state index contributed by atoms with van der Waals surface area (Å²) in [6, 6.07) is 6.55. The van der Waals surface area contributed by atoms with Crippen LogP contribution in [0.4, 0.5) is 17.5 Å². The normalized spacial score (nSPS) is 20.2. The average Bonchev–Trinajstić information content (AvgIpc) is 2.76. The molecule has 1 aromatic heterocycles. The predicted molar refractivity (Wildman–Crippen MR) is 138 cm³/mol. The van der Waals surface area contributed by atoms with Crippen molar-refractivity contribution in [2.45, 2.75) is 70.4 Å². The first kappa shape index (κ1) is 23.1. The molecule has 0 amide bonds. The van der Waals surface area contributed by atoms with Crippen LogP contribution in [0.15, 0.2) is 18.2 Å². The fraction of sp³-hybridized carbons (Fsp3) is 0.542. The molecule has 32 heavy (non-hydrogen) atoms. The van der Waals surface area contributed by atoms with Crippen molar-refractivity contribution >= 4 is 46.4 Å². The van der Waals surface area contributed by atoms with Gasteiger partial charge < -0.3 is 20.9 Å². The zero-order valence-electron chi connectivity index (χ0n) is 19.2. The van der Waals surface area contributed by atoms with Gasteiger partial charge >= 0.3 is 0 Å². The van der Waals surface area contributed by atoms with E-state index < -0.39 is 0 Å². The van der Waals surface area contributed by atoms with Gasteiger partial charge in [0.25, 0.3) is 0 Å². The van der Waals surface area contributed by atoms with Gasteiger partial charge in [0.15, 0.2) is 5.11 Å². The lowest BCUT2D eigenvalue weighted by Crippen LogP contribution is -2.42. The van der Waals surface area contributed by atoms with Crippen LogP contribution in [0.25, 0.3) is 0 Å². The minimum atomic E-state index is 0.377. The molecular formula is C24H33ClN6S. The lowest BCUT2D eigenvalue weighted by molar-refractivity contribution is 0.387. The molecule has 0 unspecified atom stereocenters. The second-order valence-corrected chi connectivity index (χ2v) is 9.99. The van der Waals surface area contributed by atoms with E-state index in [0.717, 1.165) is 66.6 Å². The zero-order valence-corrected chi connectivity index (χ0v) is 20.7. The maximum atomic E-state index is 6.05. The van der Waals surface area contributed by atoms with Crippen molar-refractivity contribution in [3.63, 3.8) is 0 Å². The topological polar surface area (TPSA) is 65.1 Å². The third-order valence-electron chi connectivity index (χ3n) is 6.42. The molecule has 0 aliphatic heterocycles. The Morgan fingerprint density at radius 3 is 2.50 bits per heavy atom. The Labute approximate surface area is 201 Å². The van der Waals surface area contributed by atoms with Crippen molar-refractivity contribution in [3.8, 4) is 0 Å². The van der Waals surface area contributed by atoms with E-state index in [-0.39, 0.29) is 0 Å². The number of benzene rings is 1. The van der Waals surface area contributed by atoms with Crippen LogP contribution < -0.4 is 20.9 Å². The molecule has 6 nitrogen and oxygen atoms in total. The highest BCUT2D eigenvalue weighted by molar-refractivity contribution is 7.80. The van der Waals surface area contributed by atoms with E-state index >= 15 is 0 Å². The van der Waals surface area contributed by atoms with E-state index in [4.69, 9.17) is 33.8 Å². The molecule has 2 aliphatic rings. The molecule has 0 atom stereocenters. The largest absolute Gasteiger partial charge is 0.362 e. The summed E-state index contributed by atoms with van der Waals surface area (Å²) >= 11 is 11.6. The maximum absolute atomic E-state index is 6.05. The van der Waals surface area contributed by atoms with Gasteiger partial charge in [-0.2, -0.15) is 4.98 Å². The number of rotatable bonds is 5. The Morgan fingerprint density at radius 1 is 1.06 bits per heavy atom. The highest BCUT2D eigenvalue weighted by atomic mass is 35.5. The molecule has 8 heteroatoms. The number of anilines is 3. The first-order valence-electron chi connectivity index (χ1n) is 11.6. The number of nitrogens with one attached hydrogen (secondary N) is 3. The number of aromatic nitrogens is 2. The van der Waals surface area contributed by atoms with Crippen LogP contribution in [0.3, 0.4) is 0 Å². The molecule has 0 bridgehead atoms. The summed E-state index contributed by atoms with van der Waals surface area (Å²) < 4.78 is 0. The quantitative estimate of drug-likeness (QED) is 0.523. The van der Waals surface area contributed by atoms with Crippen molar-refractivity contribution in [1.82, 2.24) is 15.3 Å². The van der Waals surface area contributed by atoms with Crippen LogP contribution in [-0.2, 0) is 12.8 Å². The van der Waals surface area contributed by atoms with Gasteiger partial charge in [0.2, 0.25) is 5.95 Å². The number of thiocarbonyl (C=S) groups is 1. The van der Waals surface area contributed by atoms with Gasteiger partial charge in [0.1, 0.15) is 5.82 Å². The third kappa shape index (κ3) is 5.62. The number of hydrogen-bond acceptors (Lipinski definition) is 5. The molecule has 2 aromatic rings. The molecule has 2 aliphatic carbocycles. The number of halogens is 1. The van der Waals surface area contributed by atoms with E-state index in [0.29, 0.717) is 17.2 Å². The average molecular weight is 473 g/mol. The van der Waals surface area contributed by atoms with Crippen molar-refractivity contribution in [2.24, 2.45) is 0 Å². The third-order valence-corrected chi connectivity index (χ3v) is 6.87. The van der Waals surface area contributed by atoms with Crippen LogP contribution >= 0.6 is 23.8 Å². The van der Waals surface area contributed by atoms with Gasteiger partial charge in [0.05, 0.1) is 5.69 Å². The maximum Gasteiger partial charge on any atom is 0.225 e. The second kappa shape index (κ2) is 10.2. The van der Waals surface area contributed by atoms with Crippen LogP contribution in [0.1, 0.15) is 55.3 Å². The molecule has 1 fully saturated rings. The van der Waals surface area contributed by atoms with Crippen molar-refractivity contribution in [1.29, 1.82) is 0 Å². The Hall–Kier alpha value is -2.12. The molecular weight excluding hydrogens is 440 g/mol. The van der Waals surface area contributed by atoms with Gasteiger partial charge in [-0.25, -0.2) is 4.98 Å². The van der Waals surface area contributed by atoms with Crippen LogP contribution in [0, 0.1) is 6.92 Å². The molecule has 3 N–H and O–H groups in total. The smallest absolute Gasteiger partial charge is 0.225 e. The molecule has 1 saturated carbocycles. The summed E-state index contributed by atoms with van der Waals surface area (Å²) in [4.78, 5) is 11.8. The van der Waals surface area contributed by atoms with Gasteiger partial charge in [0, 0.05) is 42.5 Å². The van der Waals surface area contributed by atoms with E-state index in [1.165, 1.54) is 24.1 Å². The first-order valence-corrected chi connectivity index (χ1v) is 12.3. The first-order chi connectivity index (χ1) is 15.4.